The molecule has 0 saturated carbocycles. The molecule has 3 aromatic carbocycles. The van der Waals surface area contributed by atoms with Crippen molar-refractivity contribution in [2.75, 3.05) is 18.2 Å². The molecule has 0 fully saturated rings. The summed E-state index contributed by atoms with van der Waals surface area (Å²) >= 11 is 0. The molecular weight excluding hydrogens is 440 g/mol. The first-order valence-electron chi connectivity index (χ1n) is 10.3. The Hall–Kier alpha value is -3.65. The van der Waals surface area contributed by atoms with Crippen LogP contribution in [0.5, 0.6) is 5.75 Å². The molecule has 2 amide bonds. The van der Waals surface area contributed by atoms with Crippen molar-refractivity contribution in [1.82, 2.24) is 5.32 Å². The Morgan fingerprint density at radius 2 is 1.67 bits per heavy atom. The average molecular weight is 467 g/mol. The van der Waals surface area contributed by atoms with Gasteiger partial charge in [-0.25, -0.2) is 8.42 Å². The Morgan fingerprint density at radius 1 is 0.939 bits per heavy atom. The number of carbonyl (C=O) groups is 2. The summed E-state index contributed by atoms with van der Waals surface area (Å²) < 4.78 is 30.4. The number of benzene rings is 3. The Morgan fingerprint density at radius 3 is 2.39 bits per heavy atom. The van der Waals surface area contributed by atoms with Crippen molar-refractivity contribution in [2.24, 2.45) is 0 Å². The molecule has 0 aliphatic carbocycles. The monoisotopic (exact) mass is 466 g/mol. The fourth-order valence-corrected chi connectivity index (χ4v) is 4.53. The van der Waals surface area contributed by atoms with E-state index >= 15 is 0 Å². The molecule has 0 heterocycles. The van der Waals surface area contributed by atoms with Gasteiger partial charge in [-0.05, 0) is 42.8 Å². The smallest absolute Gasteiger partial charge is 0.251 e. The van der Waals surface area contributed by atoms with Crippen LogP contribution in [0.25, 0.3) is 0 Å². The van der Waals surface area contributed by atoms with Gasteiger partial charge >= 0.3 is 0 Å². The fourth-order valence-electron chi connectivity index (χ4n) is 3.27. The molecule has 0 aliphatic rings. The SMILES string of the molecule is COc1ccccc1CNC(=O)c1cccc(CS(=O)(=O)CC(=O)Nc2ccc(C)cc2)c1. The van der Waals surface area contributed by atoms with Crippen LogP contribution in [0.1, 0.15) is 27.0 Å². The van der Waals surface area contributed by atoms with Crippen LogP contribution >= 0.6 is 0 Å². The largest absolute Gasteiger partial charge is 0.496 e. The van der Waals surface area contributed by atoms with Crippen molar-refractivity contribution < 1.29 is 22.7 Å². The highest BCUT2D eigenvalue weighted by Crippen LogP contribution is 2.17. The van der Waals surface area contributed by atoms with E-state index in [1.54, 1.807) is 37.4 Å². The number of hydrogen-bond donors (Lipinski definition) is 2. The maximum atomic E-state index is 12.6. The van der Waals surface area contributed by atoms with E-state index in [0.717, 1.165) is 11.1 Å². The first kappa shape index (κ1) is 24.0. The van der Waals surface area contributed by atoms with E-state index in [1.165, 1.54) is 6.07 Å². The predicted molar refractivity (Wildman–Crippen MR) is 128 cm³/mol. The number of aryl methyl sites for hydroxylation is 1. The average Bonchev–Trinajstić information content (AvgIpc) is 2.78. The van der Waals surface area contributed by atoms with Crippen LogP contribution in [0, 0.1) is 6.92 Å². The van der Waals surface area contributed by atoms with Crippen molar-refractivity contribution in [3.63, 3.8) is 0 Å². The molecule has 7 nitrogen and oxygen atoms in total. The van der Waals surface area contributed by atoms with E-state index in [9.17, 15) is 18.0 Å². The molecule has 0 spiro atoms. The number of nitrogens with one attached hydrogen (secondary N) is 2. The van der Waals surface area contributed by atoms with E-state index in [2.05, 4.69) is 10.6 Å². The van der Waals surface area contributed by atoms with E-state index in [-0.39, 0.29) is 18.2 Å². The number of sulfone groups is 1. The van der Waals surface area contributed by atoms with Crippen molar-refractivity contribution in [3.8, 4) is 5.75 Å². The maximum Gasteiger partial charge on any atom is 0.251 e. The zero-order valence-electron chi connectivity index (χ0n) is 18.5. The molecule has 2 N–H and O–H groups in total. The third-order valence-electron chi connectivity index (χ3n) is 4.89. The third-order valence-corrected chi connectivity index (χ3v) is 6.37. The molecule has 33 heavy (non-hydrogen) atoms. The molecule has 0 bridgehead atoms. The van der Waals surface area contributed by atoms with Crippen molar-refractivity contribution in [3.05, 3.63) is 95.1 Å². The highest BCUT2D eigenvalue weighted by Gasteiger charge is 2.18. The molecule has 0 radical (unpaired) electrons. The molecule has 172 valence electrons. The van der Waals surface area contributed by atoms with Gasteiger partial charge in [-0.15, -0.1) is 0 Å². The van der Waals surface area contributed by atoms with E-state index in [1.807, 2.05) is 43.3 Å². The van der Waals surface area contributed by atoms with Gasteiger partial charge in [0.05, 0.1) is 12.9 Å². The minimum atomic E-state index is -3.73. The maximum absolute atomic E-state index is 12.6. The molecule has 0 atom stereocenters. The fraction of sp³-hybridized carbons (Fsp3) is 0.200. The van der Waals surface area contributed by atoms with Gasteiger partial charge in [-0.1, -0.05) is 48.0 Å². The number of anilines is 1. The molecule has 0 saturated heterocycles. The minimum Gasteiger partial charge on any atom is -0.496 e. The summed E-state index contributed by atoms with van der Waals surface area (Å²) in [6, 6.07) is 20.8. The second-order valence-electron chi connectivity index (χ2n) is 7.64. The molecule has 0 aromatic heterocycles. The predicted octanol–water partition coefficient (Wildman–Crippen LogP) is 3.49. The number of amides is 2. The van der Waals surface area contributed by atoms with Crippen LogP contribution in [0.2, 0.25) is 0 Å². The molecule has 0 unspecified atom stereocenters. The summed E-state index contributed by atoms with van der Waals surface area (Å²) in [7, 11) is -2.17. The number of hydrogen-bond acceptors (Lipinski definition) is 5. The van der Waals surface area contributed by atoms with Crippen LogP contribution in [-0.2, 0) is 26.9 Å². The number of carbonyl (C=O) groups excluding carboxylic acids is 2. The van der Waals surface area contributed by atoms with Crippen LogP contribution < -0.4 is 15.4 Å². The Labute approximate surface area is 193 Å². The number of methoxy groups -OCH3 is 1. The van der Waals surface area contributed by atoms with E-state index in [0.29, 0.717) is 22.6 Å². The molecule has 3 aromatic rings. The highest BCUT2D eigenvalue weighted by molar-refractivity contribution is 7.91. The Balaban J connectivity index is 1.60. The number of para-hydroxylation sites is 1. The third kappa shape index (κ3) is 7.18. The summed E-state index contributed by atoms with van der Waals surface area (Å²) in [5.74, 6) is -1.27. The minimum absolute atomic E-state index is 0.268. The van der Waals surface area contributed by atoms with Gasteiger partial charge in [0.15, 0.2) is 9.84 Å². The van der Waals surface area contributed by atoms with Gasteiger partial charge in [-0.2, -0.15) is 0 Å². The van der Waals surface area contributed by atoms with Gasteiger partial charge in [0, 0.05) is 23.4 Å². The lowest BCUT2D eigenvalue weighted by Crippen LogP contribution is -2.24. The van der Waals surface area contributed by atoms with Gasteiger partial charge < -0.3 is 15.4 Å². The van der Waals surface area contributed by atoms with E-state index in [4.69, 9.17) is 4.74 Å². The summed E-state index contributed by atoms with van der Waals surface area (Å²) in [5, 5.41) is 5.40. The lowest BCUT2D eigenvalue weighted by Gasteiger charge is -2.10. The second-order valence-corrected chi connectivity index (χ2v) is 9.71. The van der Waals surface area contributed by atoms with Crippen LogP contribution in [0.3, 0.4) is 0 Å². The van der Waals surface area contributed by atoms with Crippen molar-refractivity contribution in [1.29, 1.82) is 0 Å². The van der Waals surface area contributed by atoms with Gasteiger partial charge in [0.1, 0.15) is 11.5 Å². The van der Waals surface area contributed by atoms with Crippen LogP contribution in [0.4, 0.5) is 5.69 Å². The van der Waals surface area contributed by atoms with Crippen LogP contribution in [0.15, 0.2) is 72.8 Å². The first-order valence-corrected chi connectivity index (χ1v) is 12.1. The molecule has 3 rings (SSSR count). The molecule has 0 aliphatic heterocycles. The lowest BCUT2D eigenvalue weighted by molar-refractivity contribution is -0.113. The van der Waals surface area contributed by atoms with Crippen molar-refractivity contribution in [2.45, 2.75) is 19.2 Å². The Bertz CT molecular complexity index is 1240. The van der Waals surface area contributed by atoms with E-state index < -0.39 is 21.5 Å². The quantitative estimate of drug-likeness (QED) is 0.503. The summed E-state index contributed by atoms with van der Waals surface area (Å²) in [6.07, 6.45) is 0. The van der Waals surface area contributed by atoms with Crippen molar-refractivity contribution >= 4 is 27.3 Å². The van der Waals surface area contributed by atoms with Gasteiger partial charge in [0.25, 0.3) is 5.91 Å². The number of ether oxygens (including phenoxy) is 1. The topological polar surface area (TPSA) is 102 Å². The zero-order valence-corrected chi connectivity index (χ0v) is 19.3. The highest BCUT2D eigenvalue weighted by atomic mass is 32.2. The van der Waals surface area contributed by atoms with Gasteiger partial charge in [0.2, 0.25) is 5.91 Å². The van der Waals surface area contributed by atoms with Gasteiger partial charge in [-0.3, -0.25) is 9.59 Å². The standard InChI is InChI=1S/C25H26N2O5S/c1-18-10-12-22(13-11-18)27-24(28)17-33(30,31)16-19-6-5-8-20(14-19)25(29)26-15-21-7-3-4-9-23(21)32-2/h3-14H,15-17H2,1-2H3,(H,26,29)(H,27,28). The molecular formula is C25H26N2O5S. The summed E-state index contributed by atoms with van der Waals surface area (Å²) in [6.45, 7) is 2.19. The lowest BCUT2D eigenvalue weighted by atomic mass is 10.1. The second kappa shape index (κ2) is 10.8. The summed E-state index contributed by atoms with van der Waals surface area (Å²) in [4.78, 5) is 24.8. The first-order chi connectivity index (χ1) is 15.8. The Kier molecular flexibility index (Phi) is 7.84. The summed E-state index contributed by atoms with van der Waals surface area (Å²) in [5.41, 5.74) is 3.17. The number of rotatable bonds is 9. The normalized spacial score (nSPS) is 11.0. The molecule has 8 heteroatoms. The van der Waals surface area contributed by atoms with Crippen LogP contribution in [-0.4, -0.2) is 33.1 Å². The zero-order chi connectivity index (χ0) is 23.8.